The lowest BCUT2D eigenvalue weighted by Crippen LogP contribution is -2.51. The first-order valence-corrected chi connectivity index (χ1v) is 26.8. The number of ether oxygens (including phenoxy) is 2. The Bertz CT molecular complexity index is 2990. The van der Waals surface area contributed by atoms with Crippen LogP contribution in [0.25, 0.3) is 11.3 Å². The summed E-state index contributed by atoms with van der Waals surface area (Å²) in [6.07, 6.45) is 4.35. The number of nitrogens with zero attached hydrogens (tertiary/aromatic N) is 8. The van der Waals surface area contributed by atoms with Crippen LogP contribution in [-0.4, -0.2) is 148 Å². The number of piperidine rings is 1. The lowest BCUT2D eigenvalue weighted by atomic mass is 9.89. The number of alkyl halides is 2. The molecule has 0 spiro atoms. The number of nitriles is 1. The second kappa shape index (κ2) is 22.9. The number of hydrogen-bond donors (Lipinski definition) is 1. The molecule has 1 aromatic heterocycles. The van der Waals surface area contributed by atoms with Crippen molar-refractivity contribution >= 4 is 23.4 Å². The molecule has 3 saturated heterocycles. The number of halogens is 3. The van der Waals surface area contributed by atoms with E-state index >= 15 is 14.0 Å². The Morgan fingerprint density at radius 1 is 0.868 bits per heavy atom. The maximum absolute atomic E-state index is 15.8. The third kappa shape index (κ3) is 11.0. The molecule has 0 bridgehead atoms. The minimum atomic E-state index is -2.93. The Balaban J connectivity index is 0.987. The highest BCUT2D eigenvalue weighted by molar-refractivity contribution is 6.09. The highest BCUT2D eigenvalue weighted by Crippen LogP contribution is 2.39. The van der Waals surface area contributed by atoms with Crippen molar-refractivity contribution in [3.05, 3.63) is 135 Å². The fraction of sp³-hybridized carbons (Fsp3) is 0.458. The van der Waals surface area contributed by atoms with Crippen LogP contribution in [0.3, 0.4) is 0 Å². The molecule has 14 nitrogen and oxygen atoms in total. The van der Waals surface area contributed by atoms with Crippen LogP contribution in [0.1, 0.15) is 86.8 Å². The Morgan fingerprint density at radius 2 is 1.62 bits per heavy atom. The average Bonchev–Trinajstić information content (AvgIpc) is 3.94. The Labute approximate surface area is 442 Å². The van der Waals surface area contributed by atoms with Crippen LogP contribution in [0.2, 0.25) is 0 Å². The summed E-state index contributed by atoms with van der Waals surface area (Å²) >= 11 is 0. The van der Waals surface area contributed by atoms with Crippen LogP contribution in [0.15, 0.2) is 84.9 Å². The second-order valence-electron chi connectivity index (χ2n) is 21.1. The molecular weight excluding hydrogens is 974 g/mol. The van der Waals surface area contributed by atoms with Crippen LogP contribution < -0.4 is 9.64 Å². The van der Waals surface area contributed by atoms with Gasteiger partial charge in [-0.25, -0.2) is 9.29 Å². The zero-order valence-electron chi connectivity index (χ0n) is 43.6. The number of benzene rings is 4. The Morgan fingerprint density at radius 3 is 2.33 bits per heavy atom. The highest BCUT2D eigenvalue weighted by atomic mass is 19.3. The fourth-order valence-electron chi connectivity index (χ4n) is 12.1. The first kappa shape index (κ1) is 52.7. The molecule has 3 fully saturated rings. The van der Waals surface area contributed by atoms with Crippen LogP contribution in [0.4, 0.5) is 18.9 Å². The smallest absolute Gasteiger partial charge is 0.296 e. The van der Waals surface area contributed by atoms with Gasteiger partial charge in [-0.1, -0.05) is 36.8 Å². The van der Waals surface area contributed by atoms with Gasteiger partial charge in [0.2, 0.25) is 5.91 Å². The number of aromatic nitrogens is 1. The normalized spacial score (nSPS) is 21.3. The lowest BCUT2D eigenvalue weighted by Gasteiger charge is -2.41. The van der Waals surface area contributed by atoms with Gasteiger partial charge in [0.15, 0.2) is 0 Å². The molecular formula is C59H67F3N8O6. The molecule has 76 heavy (non-hydrogen) atoms. The number of carbonyl (C=O) groups excluding carboxylic acids is 3. The molecule has 6 heterocycles. The molecule has 0 saturated carbocycles. The van der Waals surface area contributed by atoms with E-state index in [-0.39, 0.29) is 54.1 Å². The van der Waals surface area contributed by atoms with E-state index in [1.807, 2.05) is 53.8 Å². The van der Waals surface area contributed by atoms with Crippen molar-refractivity contribution in [2.24, 2.45) is 7.05 Å². The zero-order chi connectivity index (χ0) is 53.2. The van der Waals surface area contributed by atoms with Crippen LogP contribution in [0, 0.1) is 24.1 Å². The summed E-state index contributed by atoms with van der Waals surface area (Å²) in [5, 5.41) is 20.3. The number of anilines is 1. The van der Waals surface area contributed by atoms with E-state index in [1.165, 1.54) is 35.1 Å². The number of fused-ring (bicyclic) bond motifs is 2. The first-order chi connectivity index (χ1) is 36.8. The first-order valence-electron chi connectivity index (χ1n) is 26.8. The largest absolute Gasteiger partial charge is 0.508 e. The van der Waals surface area contributed by atoms with E-state index in [9.17, 15) is 23.9 Å². The molecule has 5 aliphatic rings. The minimum absolute atomic E-state index is 0.0276. The van der Waals surface area contributed by atoms with Crippen molar-refractivity contribution in [1.29, 1.82) is 5.26 Å². The summed E-state index contributed by atoms with van der Waals surface area (Å²) in [6, 6.07) is 23.6. The van der Waals surface area contributed by atoms with E-state index in [4.69, 9.17) is 9.47 Å². The van der Waals surface area contributed by atoms with Gasteiger partial charge in [-0.3, -0.25) is 19.3 Å². The van der Waals surface area contributed by atoms with E-state index < -0.39 is 36.4 Å². The van der Waals surface area contributed by atoms with Gasteiger partial charge >= 0.3 is 0 Å². The molecule has 10 rings (SSSR count). The monoisotopic (exact) mass is 1040 g/mol. The summed E-state index contributed by atoms with van der Waals surface area (Å²) in [6.45, 7) is 8.18. The lowest BCUT2D eigenvalue weighted by molar-refractivity contribution is -0.131. The number of likely N-dealkylation sites (tertiary alicyclic amines) is 2. The van der Waals surface area contributed by atoms with Crippen LogP contribution >= 0.6 is 0 Å². The predicted molar refractivity (Wildman–Crippen MR) is 282 cm³/mol. The van der Waals surface area contributed by atoms with Gasteiger partial charge in [0, 0.05) is 99.2 Å². The Hall–Kier alpha value is -6.71. The fourth-order valence-corrected chi connectivity index (χ4v) is 12.1. The highest BCUT2D eigenvalue weighted by Gasteiger charge is 2.48. The minimum Gasteiger partial charge on any atom is -0.508 e. The number of carbonyl (C=O) groups is 3. The molecule has 3 amide bonds. The van der Waals surface area contributed by atoms with Gasteiger partial charge in [-0.2, -0.15) is 14.0 Å². The summed E-state index contributed by atoms with van der Waals surface area (Å²) in [4.78, 5) is 55.9. The molecule has 5 aromatic rings. The summed E-state index contributed by atoms with van der Waals surface area (Å²) in [5.74, 6) is -1.06. The summed E-state index contributed by atoms with van der Waals surface area (Å²) in [7, 11) is 1.84. The number of aromatic hydroxyl groups is 1. The molecule has 0 aliphatic carbocycles. The van der Waals surface area contributed by atoms with Gasteiger partial charge in [-0.05, 0) is 135 Å². The molecule has 17 heteroatoms. The van der Waals surface area contributed by atoms with E-state index in [0.717, 1.165) is 60.6 Å². The zero-order valence-corrected chi connectivity index (χ0v) is 43.6. The summed E-state index contributed by atoms with van der Waals surface area (Å²) < 4.78 is 57.9. The number of hydrogen-bond acceptors (Lipinski definition) is 10. The molecule has 400 valence electrons. The third-order valence-corrected chi connectivity index (χ3v) is 16.6. The van der Waals surface area contributed by atoms with Crippen molar-refractivity contribution in [3.8, 4) is 28.8 Å². The van der Waals surface area contributed by atoms with Gasteiger partial charge in [0.25, 0.3) is 18.4 Å². The quantitative estimate of drug-likeness (QED) is 0.109. The van der Waals surface area contributed by atoms with Gasteiger partial charge in [0.05, 0.1) is 37.3 Å². The van der Waals surface area contributed by atoms with E-state index in [2.05, 4.69) is 21.9 Å². The molecule has 0 radical (unpaired) electrons. The average molecular weight is 1040 g/mol. The Kier molecular flexibility index (Phi) is 15.9. The van der Waals surface area contributed by atoms with E-state index in [1.54, 1.807) is 42.2 Å². The van der Waals surface area contributed by atoms with Gasteiger partial charge in [0.1, 0.15) is 30.0 Å². The molecule has 5 aliphatic heterocycles. The molecule has 4 atom stereocenters. The standard InChI is InChI=1S/C59H67F3N8O6/c1-38-50(58(74)70(45-12-14-48(71)15-13-45)54-31-46(34-63)69(39(54)2)59(61)62)33-55(64(38)3)51-28-41-17-20-67(56(72)30-42-11-16-49(32-53(42)60)76-26-23-65-21-24-75-25-22-65)35-44(41)29-52(51)57(73)68-36-43-10-6-5-9-40(43)27-47(68)37-66-18-7-4-8-19-66/h5-6,9-16,28-29,32-33,39,46-47,54,59,71H,4,7-8,17-27,30-31,35-37H2,1-3H3/t39?,46?,47-,54?/m0/s1. The van der Waals surface area contributed by atoms with Crippen molar-refractivity contribution in [1.82, 2.24) is 29.1 Å². The van der Waals surface area contributed by atoms with Crippen molar-refractivity contribution < 1.29 is 42.1 Å². The van der Waals surface area contributed by atoms with Crippen LogP contribution in [0.5, 0.6) is 11.5 Å². The van der Waals surface area contributed by atoms with E-state index in [0.29, 0.717) is 92.8 Å². The number of rotatable bonds is 14. The maximum atomic E-state index is 15.8. The molecule has 4 aromatic carbocycles. The number of morpholine rings is 1. The number of phenols is 1. The van der Waals surface area contributed by atoms with Crippen molar-refractivity contribution in [2.75, 3.05) is 70.5 Å². The molecule has 1 N–H and O–H groups in total. The maximum Gasteiger partial charge on any atom is 0.296 e. The number of phenolic OH excluding ortho intramolecular Hbond substituents is 1. The topological polar surface area (TPSA) is 138 Å². The second-order valence-corrected chi connectivity index (χ2v) is 21.1. The van der Waals surface area contributed by atoms with Crippen molar-refractivity contribution in [2.45, 2.75) is 103 Å². The van der Waals surface area contributed by atoms with Crippen molar-refractivity contribution in [3.63, 3.8) is 0 Å². The number of amides is 3. The van der Waals surface area contributed by atoms with Gasteiger partial charge in [-0.15, -0.1) is 0 Å². The predicted octanol–water partition coefficient (Wildman–Crippen LogP) is 7.96. The summed E-state index contributed by atoms with van der Waals surface area (Å²) in [5.41, 5.74) is 7.11. The third-order valence-electron chi connectivity index (χ3n) is 16.6. The van der Waals surface area contributed by atoms with Gasteiger partial charge < -0.3 is 38.7 Å². The SMILES string of the molecule is Cc1c(C(=O)N(c2ccc(O)cc2)C2CC(C#N)N(C(F)F)C2C)cc(-c2cc3c(cc2C(=O)N2Cc4ccccc4C[C@H]2CN2CCCCC2)CN(C(=O)Cc2ccc(OCCN4CCOCC4)cc2F)CC3)n1C. The molecule has 3 unspecified atom stereocenters. The van der Waals surface area contributed by atoms with Crippen LogP contribution in [-0.2, 0) is 48.9 Å².